The number of nitrogens with two attached hydrogens (primary N) is 1. The number of nitrogens with one attached hydrogen (secondary N) is 2. The van der Waals surface area contributed by atoms with Crippen LogP contribution < -0.4 is 10.5 Å². The molecular weight excluding hydrogens is 260 g/mol. The molecule has 0 fully saturated rings. The molecule has 0 aliphatic rings. The molecule has 0 aliphatic carbocycles. The lowest BCUT2D eigenvalue weighted by Crippen LogP contribution is -2.15. The maximum absolute atomic E-state index is 12.2. The third-order valence-electron chi connectivity index (χ3n) is 2.19. The second kappa shape index (κ2) is 4.47. The van der Waals surface area contributed by atoms with Crippen LogP contribution in [0, 0.1) is 6.92 Å². The van der Waals surface area contributed by atoms with E-state index in [-0.39, 0.29) is 11.4 Å². The van der Waals surface area contributed by atoms with Gasteiger partial charge in [-0.3, -0.25) is 9.82 Å². The van der Waals surface area contributed by atoms with Crippen LogP contribution in [0.1, 0.15) is 10.4 Å². The largest absolute Gasteiger partial charge is 0.326 e. The van der Waals surface area contributed by atoms with E-state index in [0.717, 1.165) is 0 Å². The van der Waals surface area contributed by atoms with Crippen molar-refractivity contribution in [2.45, 2.75) is 18.4 Å². The zero-order valence-electron chi connectivity index (χ0n) is 9.10. The Balaban J connectivity index is 2.41. The van der Waals surface area contributed by atoms with Crippen LogP contribution in [0.15, 0.2) is 22.7 Å². The van der Waals surface area contributed by atoms with Crippen molar-refractivity contribution >= 4 is 27.0 Å². The predicted molar refractivity (Wildman–Crippen MR) is 66.3 cm³/mol. The van der Waals surface area contributed by atoms with Gasteiger partial charge in [-0.25, -0.2) is 8.42 Å². The molecule has 0 aliphatic heterocycles. The molecule has 92 valence electrons. The molecule has 0 saturated heterocycles. The highest BCUT2D eigenvalue weighted by Crippen LogP contribution is 2.27. The number of nitrogens with zero attached hydrogens (tertiary/aromatic N) is 1. The van der Waals surface area contributed by atoms with Crippen molar-refractivity contribution in [3.63, 3.8) is 0 Å². The van der Waals surface area contributed by atoms with E-state index in [2.05, 4.69) is 14.9 Å². The second-order valence-corrected chi connectivity index (χ2v) is 6.05. The summed E-state index contributed by atoms with van der Waals surface area (Å²) in [5.74, 6) is 0. The summed E-state index contributed by atoms with van der Waals surface area (Å²) in [6, 6.07) is 0. The second-order valence-electron chi connectivity index (χ2n) is 3.47. The zero-order valence-corrected chi connectivity index (χ0v) is 10.7. The molecule has 2 aromatic rings. The topological polar surface area (TPSA) is 101 Å². The molecule has 2 heterocycles. The van der Waals surface area contributed by atoms with Crippen LogP contribution >= 0.6 is 11.3 Å². The minimum atomic E-state index is -3.59. The van der Waals surface area contributed by atoms with Crippen LogP contribution in [0.5, 0.6) is 0 Å². The Morgan fingerprint density at radius 1 is 1.59 bits per heavy atom. The first-order valence-corrected chi connectivity index (χ1v) is 7.19. The molecule has 17 heavy (non-hydrogen) atoms. The molecule has 0 aromatic carbocycles. The van der Waals surface area contributed by atoms with Gasteiger partial charge in [0, 0.05) is 17.6 Å². The van der Waals surface area contributed by atoms with E-state index in [9.17, 15) is 8.42 Å². The summed E-state index contributed by atoms with van der Waals surface area (Å²) in [6.45, 7) is 1.96. The van der Waals surface area contributed by atoms with Crippen LogP contribution in [0.2, 0.25) is 0 Å². The third kappa shape index (κ3) is 2.33. The number of anilines is 1. The van der Waals surface area contributed by atoms with Crippen LogP contribution in [-0.4, -0.2) is 18.6 Å². The van der Waals surface area contributed by atoms with Gasteiger partial charge in [0.1, 0.15) is 4.90 Å². The summed E-state index contributed by atoms with van der Waals surface area (Å²) in [5, 5.41) is 8.00. The van der Waals surface area contributed by atoms with Gasteiger partial charge in [0.15, 0.2) is 0 Å². The molecule has 8 heteroatoms. The Labute approximate surface area is 103 Å². The Bertz CT molecular complexity index is 601. The SMILES string of the molecule is Cc1csc(CN)c1S(=O)(=O)Nc1cn[nH]c1. The van der Waals surface area contributed by atoms with Crippen molar-refractivity contribution in [2.24, 2.45) is 5.73 Å². The smallest absolute Gasteiger partial charge is 0.263 e. The van der Waals surface area contributed by atoms with Gasteiger partial charge in [-0.1, -0.05) is 0 Å². The summed E-state index contributed by atoms with van der Waals surface area (Å²) in [6.07, 6.45) is 2.88. The van der Waals surface area contributed by atoms with Crippen LogP contribution in [0.25, 0.3) is 0 Å². The van der Waals surface area contributed by atoms with E-state index in [1.165, 1.54) is 23.7 Å². The lowest BCUT2D eigenvalue weighted by molar-refractivity contribution is 0.600. The number of rotatable bonds is 4. The van der Waals surface area contributed by atoms with E-state index in [1.54, 1.807) is 12.3 Å². The molecule has 0 amide bonds. The molecule has 0 atom stereocenters. The van der Waals surface area contributed by atoms with Crippen molar-refractivity contribution < 1.29 is 8.42 Å². The van der Waals surface area contributed by atoms with Gasteiger partial charge in [-0.2, -0.15) is 5.10 Å². The van der Waals surface area contributed by atoms with Crippen molar-refractivity contribution in [3.8, 4) is 0 Å². The number of hydrogen-bond acceptors (Lipinski definition) is 5. The molecule has 0 saturated carbocycles. The number of aryl methyl sites for hydroxylation is 1. The highest BCUT2D eigenvalue weighted by molar-refractivity contribution is 7.93. The van der Waals surface area contributed by atoms with E-state index >= 15 is 0 Å². The van der Waals surface area contributed by atoms with Gasteiger partial charge in [0.05, 0.1) is 11.9 Å². The fourth-order valence-corrected chi connectivity index (χ4v) is 4.24. The number of hydrogen-bond donors (Lipinski definition) is 3. The summed E-state index contributed by atoms with van der Waals surface area (Å²) in [7, 11) is -3.59. The van der Waals surface area contributed by atoms with Crippen LogP contribution in [-0.2, 0) is 16.6 Å². The van der Waals surface area contributed by atoms with E-state index in [4.69, 9.17) is 5.73 Å². The first-order valence-electron chi connectivity index (χ1n) is 4.83. The quantitative estimate of drug-likeness (QED) is 0.774. The minimum absolute atomic E-state index is 0.208. The fourth-order valence-electron chi connectivity index (χ4n) is 1.50. The standard InChI is InChI=1S/C9H12N4O2S2/c1-6-5-16-8(2-10)9(6)17(14,15)13-7-3-11-12-4-7/h3-5,13H,2,10H2,1H3,(H,11,12). The Hall–Kier alpha value is -1.38. The van der Waals surface area contributed by atoms with Gasteiger partial charge >= 0.3 is 0 Å². The summed E-state index contributed by atoms with van der Waals surface area (Å²) < 4.78 is 26.8. The molecule has 0 bridgehead atoms. The molecular formula is C9H12N4O2S2. The lowest BCUT2D eigenvalue weighted by atomic mass is 10.3. The Morgan fingerprint density at radius 3 is 2.94 bits per heavy atom. The average molecular weight is 272 g/mol. The summed E-state index contributed by atoms with van der Waals surface area (Å²) in [5.41, 5.74) is 6.64. The molecule has 0 spiro atoms. The van der Waals surface area contributed by atoms with Crippen LogP contribution in [0.4, 0.5) is 5.69 Å². The first kappa shape index (κ1) is 12.1. The monoisotopic (exact) mass is 272 g/mol. The Morgan fingerprint density at radius 2 is 2.35 bits per heavy atom. The highest BCUT2D eigenvalue weighted by Gasteiger charge is 2.22. The van der Waals surface area contributed by atoms with E-state index in [0.29, 0.717) is 16.1 Å². The number of thiophene rings is 1. The van der Waals surface area contributed by atoms with Gasteiger partial charge in [0.2, 0.25) is 0 Å². The molecule has 0 unspecified atom stereocenters. The molecule has 0 radical (unpaired) electrons. The minimum Gasteiger partial charge on any atom is -0.326 e. The van der Waals surface area contributed by atoms with Crippen molar-refractivity contribution in [2.75, 3.05) is 4.72 Å². The molecule has 2 aromatic heterocycles. The number of H-pyrrole nitrogens is 1. The normalized spacial score (nSPS) is 11.6. The Kier molecular flexibility index (Phi) is 3.18. The number of aromatic nitrogens is 2. The maximum atomic E-state index is 12.2. The maximum Gasteiger partial charge on any atom is 0.263 e. The average Bonchev–Trinajstić information content (AvgIpc) is 2.86. The lowest BCUT2D eigenvalue weighted by Gasteiger charge is -2.07. The van der Waals surface area contributed by atoms with Gasteiger partial charge < -0.3 is 5.73 Å². The van der Waals surface area contributed by atoms with Crippen molar-refractivity contribution in [1.82, 2.24) is 10.2 Å². The fraction of sp³-hybridized carbons (Fsp3) is 0.222. The summed E-state index contributed by atoms with van der Waals surface area (Å²) >= 11 is 1.35. The van der Waals surface area contributed by atoms with E-state index < -0.39 is 10.0 Å². The predicted octanol–water partition coefficient (Wildman–Crippen LogP) is 1.04. The number of aromatic amines is 1. The molecule has 4 N–H and O–H groups in total. The van der Waals surface area contributed by atoms with Crippen molar-refractivity contribution in [1.29, 1.82) is 0 Å². The van der Waals surface area contributed by atoms with Gasteiger partial charge in [0.25, 0.3) is 10.0 Å². The first-order chi connectivity index (χ1) is 8.04. The number of sulfonamides is 1. The summed E-state index contributed by atoms with van der Waals surface area (Å²) in [4.78, 5) is 0.921. The highest BCUT2D eigenvalue weighted by atomic mass is 32.2. The van der Waals surface area contributed by atoms with Gasteiger partial charge in [-0.05, 0) is 17.9 Å². The third-order valence-corrected chi connectivity index (χ3v) is 5.06. The van der Waals surface area contributed by atoms with Gasteiger partial charge in [-0.15, -0.1) is 11.3 Å². The van der Waals surface area contributed by atoms with E-state index in [1.807, 2.05) is 0 Å². The molecule has 6 nitrogen and oxygen atoms in total. The molecule has 2 rings (SSSR count). The zero-order chi connectivity index (χ0) is 12.5. The van der Waals surface area contributed by atoms with Crippen molar-refractivity contribution in [3.05, 3.63) is 28.2 Å². The van der Waals surface area contributed by atoms with Crippen LogP contribution in [0.3, 0.4) is 0 Å².